The first kappa shape index (κ1) is 24.5. The van der Waals surface area contributed by atoms with E-state index in [2.05, 4.69) is 6.92 Å². The minimum Gasteiger partial charge on any atom is -0.462 e. The minimum absolute atomic E-state index is 0.0921. The highest BCUT2D eigenvalue weighted by molar-refractivity contribution is 5.76. The second-order valence-electron chi connectivity index (χ2n) is 11.0. The van der Waals surface area contributed by atoms with Crippen molar-refractivity contribution in [1.82, 2.24) is 0 Å². The Bertz CT molecular complexity index is 632. The number of cyclic esters (lactones) is 1. The number of aliphatic hydroxyl groups excluding tert-OH is 2. The lowest BCUT2D eigenvalue weighted by Gasteiger charge is -2.50. The van der Waals surface area contributed by atoms with Gasteiger partial charge >= 0.3 is 11.9 Å². The molecule has 6 heteroatoms. The first-order chi connectivity index (χ1) is 14.6. The zero-order chi connectivity index (χ0) is 22.8. The summed E-state index contributed by atoms with van der Waals surface area (Å²) in [7, 11) is 0. The van der Waals surface area contributed by atoms with Crippen LogP contribution < -0.4 is 0 Å². The summed E-state index contributed by atoms with van der Waals surface area (Å²) in [5, 5.41) is 19.8. The van der Waals surface area contributed by atoms with Gasteiger partial charge in [0.2, 0.25) is 0 Å². The van der Waals surface area contributed by atoms with E-state index in [0.29, 0.717) is 24.2 Å². The first-order valence-electron chi connectivity index (χ1n) is 12.3. The lowest BCUT2D eigenvalue weighted by Crippen LogP contribution is -2.49. The molecule has 178 valence electrons. The van der Waals surface area contributed by atoms with Crippen molar-refractivity contribution in [3.63, 3.8) is 0 Å². The quantitative estimate of drug-likeness (QED) is 0.586. The third kappa shape index (κ3) is 5.81. The summed E-state index contributed by atoms with van der Waals surface area (Å²) in [6, 6.07) is 0. The van der Waals surface area contributed by atoms with Gasteiger partial charge in [0.05, 0.1) is 17.9 Å². The number of carbonyl (C=O) groups excluding carboxylic acids is 2. The zero-order valence-corrected chi connectivity index (χ0v) is 19.7. The fraction of sp³-hybridized carbons (Fsp3) is 0.920. The van der Waals surface area contributed by atoms with Crippen molar-refractivity contribution in [1.29, 1.82) is 0 Å². The predicted octanol–water partition coefficient (Wildman–Crippen LogP) is 3.86. The number of hydrogen-bond acceptors (Lipinski definition) is 6. The fourth-order valence-corrected chi connectivity index (χ4v) is 6.09. The molecule has 0 aromatic heterocycles. The molecular formula is C25H42O6. The van der Waals surface area contributed by atoms with E-state index < -0.39 is 11.5 Å². The number of esters is 2. The molecule has 3 aliphatic rings. The van der Waals surface area contributed by atoms with Crippen LogP contribution in [0.2, 0.25) is 0 Å². The molecule has 2 saturated carbocycles. The lowest BCUT2D eigenvalue weighted by molar-refractivity contribution is -0.175. The smallest absolute Gasteiger partial charge is 0.311 e. The van der Waals surface area contributed by atoms with E-state index in [0.717, 1.165) is 44.9 Å². The molecule has 0 amide bonds. The Kier molecular flexibility index (Phi) is 8.06. The Morgan fingerprint density at radius 1 is 1.19 bits per heavy atom. The van der Waals surface area contributed by atoms with Crippen LogP contribution in [0.15, 0.2) is 0 Å². The molecule has 31 heavy (non-hydrogen) atoms. The van der Waals surface area contributed by atoms with Crippen molar-refractivity contribution in [2.75, 3.05) is 6.61 Å². The Morgan fingerprint density at radius 3 is 2.58 bits per heavy atom. The van der Waals surface area contributed by atoms with Crippen molar-refractivity contribution < 1.29 is 29.3 Å². The summed E-state index contributed by atoms with van der Waals surface area (Å²) in [5.74, 6) is 1.37. The monoisotopic (exact) mass is 438 g/mol. The molecule has 0 aromatic carbocycles. The number of aliphatic hydroxyl groups is 2. The molecule has 3 fully saturated rings. The summed E-state index contributed by atoms with van der Waals surface area (Å²) in [6.07, 6.45) is 5.95. The Morgan fingerprint density at radius 2 is 1.94 bits per heavy atom. The van der Waals surface area contributed by atoms with E-state index in [9.17, 15) is 19.8 Å². The van der Waals surface area contributed by atoms with Crippen LogP contribution in [0.5, 0.6) is 0 Å². The van der Waals surface area contributed by atoms with Gasteiger partial charge in [-0.25, -0.2) is 0 Å². The van der Waals surface area contributed by atoms with E-state index in [4.69, 9.17) is 9.47 Å². The van der Waals surface area contributed by atoms with Crippen molar-refractivity contribution in [3.05, 3.63) is 0 Å². The van der Waals surface area contributed by atoms with E-state index in [1.807, 2.05) is 20.8 Å². The maximum absolute atomic E-state index is 12.9. The lowest BCUT2D eigenvalue weighted by atomic mass is 9.58. The molecule has 2 N–H and O–H groups in total. The maximum atomic E-state index is 12.9. The first-order valence-corrected chi connectivity index (χ1v) is 12.3. The van der Waals surface area contributed by atoms with Gasteiger partial charge in [-0.15, -0.1) is 0 Å². The summed E-state index contributed by atoms with van der Waals surface area (Å²) in [6.45, 7) is 8.30. The fourth-order valence-electron chi connectivity index (χ4n) is 6.09. The largest absolute Gasteiger partial charge is 0.462 e. The van der Waals surface area contributed by atoms with Crippen molar-refractivity contribution in [2.24, 2.45) is 35.0 Å². The van der Waals surface area contributed by atoms with Gasteiger partial charge in [-0.3, -0.25) is 9.59 Å². The predicted molar refractivity (Wildman–Crippen MR) is 117 cm³/mol. The van der Waals surface area contributed by atoms with Crippen molar-refractivity contribution in [3.8, 4) is 0 Å². The van der Waals surface area contributed by atoms with Gasteiger partial charge < -0.3 is 19.7 Å². The molecule has 1 saturated heterocycles. The number of ether oxygens (including phenoxy) is 2. The van der Waals surface area contributed by atoms with Crippen LogP contribution >= 0.6 is 0 Å². The molecule has 1 aliphatic heterocycles. The second-order valence-corrected chi connectivity index (χ2v) is 11.0. The SMILES string of the molecule is CCC(C)(C)C(=O)O[C@H]1C[C@H](CO)C[C@@H]2CC[C@H](C)[C@H](CC[C@@H]3C[C@@H](O)CC(=O)O3)[C@H]21. The van der Waals surface area contributed by atoms with E-state index in [-0.39, 0.29) is 49.0 Å². The van der Waals surface area contributed by atoms with Crippen LogP contribution in [0.4, 0.5) is 0 Å². The van der Waals surface area contributed by atoms with Gasteiger partial charge in [0.25, 0.3) is 0 Å². The average molecular weight is 439 g/mol. The van der Waals surface area contributed by atoms with Crippen LogP contribution in [0.1, 0.15) is 85.5 Å². The number of fused-ring (bicyclic) bond motifs is 1. The van der Waals surface area contributed by atoms with Gasteiger partial charge in [-0.1, -0.05) is 20.3 Å². The van der Waals surface area contributed by atoms with Crippen LogP contribution in [0, 0.1) is 35.0 Å². The Labute approximate surface area is 187 Å². The van der Waals surface area contributed by atoms with Gasteiger partial charge in [0.15, 0.2) is 0 Å². The molecule has 0 spiro atoms. The summed E-state index contributed by atoms with van der Waals surface area (Å²) in [4.78, 5) is 24.7. The molecule has 3 rings (SSSR count). The highest BCUT2D eigenvalue weighted by Gasteiger charge is 2.48. The molecule has 8 atom stereocenters. The topological polar surface area (TPSA) is 93.1 Å². The minimum atomic E-state index is -0.604. The third-order valence-corrected chi connectivity index (χ3v) is 8.40. The van der Waals surface area contributed by atoms with E-state index in [1.54, 1.807) is 0 Å². The van der Waals surface area contributed by atoms with Crippen molar-refractivity contribution in [2.45, 2.75) is 104 Å². The van der Waals surface area contributed by atoms with Crippen LogP contribution in [0.3, 0.4) is 0 Å². The summed E-state index contributed by atoms with van der Waals surface area (Å²) in [5.41, 5.74) is -0.510. The van der Waals surface area contributed by atoms with Crippen LogP contribution in [-0.2, 0) is 19.1 Å². The van der Waals surface area contributed by atoms with E-state index >= 15 is 0 Å². The zero-order valence-electron chi connectivity index (χ0n) is 19.7. The van der Waals surface area contributed by atoms with Gasteiger partial charge in [0.1, 0.15) is 12.2 Å². The molecular weight excluding hydrogens is 396 g/mol. The summed E-state index contributed by atoms with van der Waals surface area (Å²) < 4.78 is 11.7. The number of carbonyl (C=O) groups is 2. The number of hydrogen-bond donors (Lipinski definition) is 2. The molecule has 2 aliphatic carbocycles. The van der Waals surface area contributed by atoms with Gasteiger partial charge in [0, 0.05) is 18.9 Å². The van der Waals surface area contributed by atoms with E-state index in [1.165, 1.54) is 0 Å². The molecule has 0 bridgehead atoms. The van der Waals surface area contributed by atoms with Crippen LogP contribution in [0.25, 0.3) is 0 Å². The number of rotatable bonds is 7. The Hall–Kier alpha value is -1.14. The summed E-state index contributed by atoms with van der Waals surface area (Å²) >= 11 is 0. The maximum Gasteiger partial charge on any atom is 0.311 e. The van der Waals surface area contributed by atoms with Crippen LogP contribution in [-0.4, -0.2) is 47.1 Å². The second kappa shape index (κ2) is 10.2. The van der Waals surface area contributed by atoms with Gasteiger partial charge in [-0.05, 0) is 76.0 Å². The van der Waals surface area contributed by atoms with Crippen molar-refractivity contribution >= 4 is 11.9 Å². The molecule has 0 radical (unpaired) electrons. The molecule has 0 unspecified atom stereocenters. The Balaban J connectivity index is 1.74. The third-order valence-electron chi connectivity index (χ3n) is 8.40. The average Bonchev–Trinajstić information content (AvgIpc) is 2.72. The highest BCUT2D eigenvalue weighted by Crippen LogP contribution is 2.51. The molecule has 1 heterocycles. The molecule has 6 nitrogen and oxygen atoms in total. The highest BCUT2D eigenvalue weighted by atomic mass is 16.6. The van der Waals surface area contributed by atoms with Gasteiger partial charge in [-0.2, -0.15) is 0 Å². The standard InChI is InChI=1S/C25H42O6/c1-5-25(3,4)24(29)31-21-11-16(14-26)10-17-7-6-15(2)20(23(17)21)9-8-19-12-18(27)13-22(28)30-19/h15-21,23,26-27H,5-14H2,1-4H3/t15-,16+,17-,18+,19+,20-,21-,23-/m0/s1. The normalized spacial score (nSPS) is 38.8. The molecule has 0 aromatic rings.